The van der Waals surface area contributed by atoms with Gasteiger partial charge in [-0.3, -0.25) is 9.59 Å². The van der Waals surface area contributed by atoms with Gasteiger partial charge in [-0.25, -0.2) is 0 Å². The molecular weight excluding hydrogens is 326 g/mol. The predicted molar refractivity (Wildman–Crippen MR) is 93.9 cm³/mol. The fourth-order valence-corrected chi connectivity index (χ4v) is 3.51. The largest absolute Gasteiger partial charge is 0.339 e. The van der Waals surface area contributed by atoms with Crippen LogP contribution in [0.5, 0.6) is 0 Å². The van der Waals surface area contributed by atoms with Crippen LogP contribution < -0.4 is 5.32 Å². The SMILES string of the molecule is O=C(Cc1ccc(Cl)cc1)N1CCN(C(=O)C2CCCNC2)CC1. The first-order valence-electron chi connectivity index (χ1n) is 8.65. The van der Waals surface area contributed by atoms with Gasteiger partial charge in [0.2, 0.25) is 11.8 Å². The Labute approximate surface area is 147 Å². The molecule has 0 spiro atoms. The molecule has 0 saturated carbocycles. The number of benzene rings is 1. The van der Waals surface area contributed by atoms with Crippen molar-refractivity contribution >= 4 is 23.4 Å². The average Bonchev–Trinajstić information content (AvgIpc) is 2.64. The Bertz CT molecular complexity index is 576. The lowest BCUT2D eigenvalue weighted by Crippen LogP contribution is -2.53. The van der Waals surface area contributed by atoms with E-state index >= 15 is 0 Å². The highest BCUT2D eigenvalue weighted by molar-refractivity contribution is 6.30. The van der Waals surface area contributed by atoms with Crippen molar-refractivity contribution in [2.75, 3.05) is 39.3 Å². The number of nitrogens with zero attached hydrogens (tertiary/aromatic N) is 2. The molecule has 2 amide bonds. The highest BCUT2D eigenvalue weighted by Gasteiger charge is 2.29. The van der Waals surface area contributed by atoms with Crippen LogP contribution in [0.15, 0.2) is 24.3 Å². The van der Waals surface area contributed by atoms with Gasteiger partial charge >= 0.3 is 0 Å². The third-order valence-corrected chi connectivity index (χ3v) is 5.11. The normalized spacial score (nSPS) is 21.6. The fourth-order valence-electron chi connectivity index (χ4n) is 3.39. The first-order chi connectivity index (χ1) is 11.6. The molecule has 5 nitrogen and oxygen atoms in total. The maximum absolute atomic E-state index is 12.5. The van der Waals surface area contributed by atoms with Gasteiger partial charge in [0.1, 0.15) is 0 Å². The fraction of sp³-hybridized carbons (Fsp3) is 0.556. The molecule has 3 rings (SSSR count). The molecule has 1 unspecified atom stereocenters. The number of hydrogen-bond acceptors (Lipinski definition) is 3. The summed E-state index contributed by atoms with van der Waals surface area (Å²) >= 11 is 5.87. The first-order valence-corrected chi connectivity index (χ1v) is 9.03. The van der Waals surface area contributed by atoms with Gasteiger partial charge in [-0.1, -0.05) is 23.7 Å². The lowest BCUT2D eigenvalue weighted by molar-refractivity contribution is -0.142. The topological polar surface area (TPSA) is 52.7 Å². The molecule has 2 aliphatic heterocycles. The molecule has 1 atom stereocenters. The van der Waals surface area contributed by atoms with Crippen molar-refractivity contribution in [1.29, 1.82) is 0 Å². The van der Waals surface area contributed by atoms with E-state index in [0.717, 1.165) is 31.5 Å². The Balaban J connectivity index is 1.48. The van der Waals surface area contributed by atoms with Crippen molar-refractivity contribution in [3.05, 3.63) is 34.9 Å². The van der Waals surface area contributed by atoms with Crippen molar-refractivity contribution in [3.8, 4) is 0 Å². The van der Waals surface area contributed by atoms with Crippen LogP contribution in [0.4, 0.5) is 0 Å². The van der Waals surface area contributed by atoms with Gasteiger partial charge in [0, 0.05) is 37.7 Å². The molecule has 2 fully saturated rings. The van der Waals surface area contributed by atoms with E-state index in [0.29, 0.717) is 37.6 Å². The van der Waals surface area contributed by atoms with E-state index in [1.54, 1.807) is 12.1 Å². The van der Waals surface area contributed by atoms with Crippen LogP contribution in [0.3, 0.4) is 0 Å². The zero-order valence-electron chi connectivity index (χ0n) is 13.8. The highest BCUT2D eigenvalue weighted by atomic mass is 35.5. The summed E-state index contributed by atoms with van der Waals surface area (Å²) in [5.41, 5.74) is 0.969. The number of halogens is 1. The van der Waals surface area contributed by atoms with Gasteiger partial charge < -0.3 is 15.1 Å². The van der Waals surface area contributed by atoms with Crippen molar-refractivity contribution in [1.82, 2.24) is 15.1 Å². The predicted octanol–water partition coefficient (Wildman–Crippen LogP) is 1.55. The third-order valence-electron chi connectivity index (χ3n) is 4.86. The maximum atomic E-state index is 12.5. The van der Waals surface area contributed by atoms with Gasteiger partial charge in [-0.15, -0.1) is 0 Å². The number of amides is 2. The van der Waals surface area contributed by atoms with E-state index in [1.807, 2.05) is 21.9 Å². The number of rotatable bonds is 3. The molecule has 0 radical (unpaired) electrons. The zero-order valence-corrected chi connectivity index (χ0v) is 14.6. The quantitative estimate of drug-likeness (QED) is 0.901. The summed E-state index contributed by atoms with van der Waals surface area (Å²) in [5, 5.41) is 3.97. The summed E-state index contributed by atoms with van der Waals surface area (Å²) in [4.78, 5) is 28.7. The minimum atomic E-state index is 0.107. The summed E-state index contributed by atoms with van der Waals surface area (Å²) in [6.45, 7) is 4.32. The molecule has 1 aromatic carbocycles. The molecule has 2 saturated heterocycles. The number of carbonyl (C=O) groups is 2. The minimum absolute atomic E-state index is 0.107. The number of carbonyl (C=O) groups excluding carboxylic acids is 2. The van der Waals surface area contributed by atoms with Gasteiger partial charge in [0.15, 0.2) is 0 Å². The van der Waals surface area contributed by atoms with Gasteiger partial charge in [0.05, 0.1) is 12.3 Å². The summed E-state index contributed by atoms with van der Waals surface area (Å²) < 4.78 is 0. The molecule has 2 aliphatic rings. The van der Waals surface area contributed by atoms with Crippen LogP contribution in [0, 0.1) is 5.92 Å². The summed E-state index contributed by atoms with van der Waals surface area (Å²) in [5.74, 6) is 0.464. The molecule has 6 heteroatoms. The van der Waals surface area contributed by atoms with E-state index < -0.39 is 0 Å². The van der Waals surface area contributed by atoms with Gasteiger partial charge in [-0.05, 0) is 37.1 Å². The van der Waals surface area contributed by atoms with Crippen molar-refractivity contribution in [2.24, 2.45) is 5.92 Å². The molecule has 0 aliphatic carbocycles. The van der Waals surface area contributed by atoms with E-state index in [-0.39, 0.29) is 17.7 Å². The second-order valence-electron chi connectivity index (χ2n) is 6.55. The van der Waals surface area contributed by atoms with Crippen molar-refractivity contribution in [3.63, 3.8) is 0 Å². The maximum Gasteiger partial charge on any atom is 0.227 e. The highest BCUT2D eigenvalue weighted by Crippen LogP contribution is 2.16. The average molecular weight is 350 g/mol. The van der Waals surface area contributed by atoms with E-state index in [1.165, 1.54) is 0 Å². The van der Waals surface area contributed by atoms with Gasteiger partial charge in [-0.2, -0.15) is 0 Å². The first kappa shape index (κ1) is 17.2. The Kier molecular flexibility index (Phi) is 5.74. The van der Waals surface area contributed by atoms with E-state index in [9.17, 15) is 9.59 Å². The zero-order chi connectivity index (χ0) is 16.9. The van der Waals surface area contributed by atoms with Crippen LogP contribution in [0.2, 0.25) is 5.02 Å². The Hall–Kier alpha value is -1.59. The Morgan fingerprint density at radius 3 is 2.38 bits per heavy atom. The molecule has 130 valence electrons. The second-order valence-corrected chi connectivity index (χ2v) is 6.99. The molecular formula is C18H24ClN3O2. The molecule has 1 aromatic rings. The number of piperazine rings is 1. The van der Waals surface area contributed by atoms with Crippen LogP contribution in [-0.2, 0) is 16.0 Å². The molecule has 2 heterocycles. The van der Waals surface area contributed by atoms with Crippen LogP contribution in [0.25, 0.3) is 0 Å². The lowest BCUT2D eigenvalue weighted by Gasteiger charge is -2.37. The summed E-state index contributed by atoms with van der Waals surface area (Å²) in [7, 11) is 0. The second kappa shape index (κ2) is 7.99. The summed E-state index contributed by atoms with van der Waals surface area (Å²) in [6.07, 6.45) is 2.43. The van der Waals surface area contributed by atoms with E-state index in [2.05, 4.69) is 5.32 Å². The third kappa shape index (κ3) is 4.28. The lowest BCUT2D eigenvalue weighted by atomic mass is 9.98. The van der Waals surface area contributed by atoms with Crippen molar-refractivity contribution < 1.29 is 9.59 Å². The molecule has 24 heavy (non-hydrogen) atoms. The van der Waals surface area contributed by atoms with Crippen LogP contribution >= 0.6 is 11.6 Å². The molecule has 1 N–H and O–H groups in total. The van der Waals surface area contributed by atoms with E-state index in [4.69, 9.17) is 11.6 Å². The van der Waals surface area contributed by atoms with Gasteiger partial charge in [0.25, 0.3) is 0 Å². The Morgan fingerprint density at radius 1 is 1.08 bits per heavy atom. The Morgan fingerprint density at radius 2 is 1.75 bits per heavy atom. The summed E-state index contributed by atoms with van der Waals surface area (Å²) in [6, 6.07) is 7.38. The minimum Gasteiger partial charge on any atom is -0.339 e. The van der Waals surface area contributed by atoms with Crippen LogP contribution in [0.1, 0.15) is 18.4 Å². The number of nitrogens with one attached hydrogen (secondary N) is 1. The van der Waals surface area contributed by atoms with Crippen molar-refractivity contribution in [2.45, 2.75) is 19.3 Å². The number of piperidine rings is 1. The smallest absolute Gasteiger partial charge is 0.227 e. The molecule has 0 aromatic heterocycles. The standard InChI is InChI=1S/C18H24ClN3O2/c19-16-5-3-14(4-6-16)12-17(23)21-8-10-22(11-9-21)18(24)15-2-1-7-20-13-15/h3-6,15,20H,1-2,7-13H2. The molecule has 0 bridgehead atoms. The van der Waals surface area contributed by atoms with Crippen LogP contribution in [-0.4, -0.2) is 60.9 Å². The monoisotopic (exact) mass is 349 g/mol. The number of hydrogen-bond donors (Lipinski definition) is 1.